The fraction of sp³-hybridized carbons (Fsp3) is 0.192. The van der Waals surface area contributed by atoms with E-state index in [-0.39, 0.29) is 17.6 Å². The van der Waals surface area contributed by atoms with E-state index in [0.29, 0.717) is 10.8 Å². The maximum Gasteiger partial charge on any atom is 0.295 e. The molecule has 3 aromatic carbocycles. The first-order chi connectivity index (χ1) is 15.7. The van der Waals surface area contributed by atoms with E-state index in [4.69, 9.17) is 11.6 Å². The maximum absolute atomic E-state index is 13.2. The Morgan fingerprint density at radius 3 is 2.42 bits per heavy atom. The molecule has 0 spiro atoms. The third kappa shape index (κ3) is 5.02. The van der Waals surface area contributed by atoms with Crippen molar-refractivity contribution in [2.24, 2.45) is 0 Å². The van der Waals surface area contributed by atoms with Gasteiger partial charge in [-0.15, -0.1) is 5.10 Å². The monoisotopic (exact) mass is 522 g/mol. The zero-order valence-electron chi connectivity index (χ0n) is 18.9. The van der Waals surface area contributed by atoms with E-state index in [1.807, 2.05) is 74.5 Å². The van der Waals surface area contributed by atoms with Crippen molar-refractivity contribution in [1.29, 1.82) is 0 Å². The molecule has 0 radical (unpaired) electrons. The topological polar surface area (TPSA) is 59.8 Å². The molecule has 5 nitrogen and oxygen atoms in total. The fourth-order valence-corrected chi connectivity index (χ4v) is 4.05. The van der Waals surface area contributed by atoms with Gasteiger partial charge in [0.2, 0.25) is 5.82 Å². The van der Waals surface area contributed by atoms with Crippen LogP contribution in [0.25, 0.3) is 17.1 Å². The Labute approximate surface area is 207 Å². The van der Waals surface area contributed by atoms with Crippen molar-refractivity contribution < 1.29 is 4.79 Å². The summed E-state index contributed by atoms with van der Waals surface area (Å²) in [5, 5.41) is 8.17. The predicted molar refractivity (Wildman–Crippen MR) is 137 cm³/mol. The summed E-state index contributed by atoms with van der Waals surface area (Å²) in [4.78, 5) is 17.8. The Bertz CT molecular complexity index is 1330. The number of carbonyl (C=O) groups excluding carboxylic acids is 1. The standard InChI is InChI=1S/C26H24BrClN4O/c1-15(2)21-13-19(27)10-12-23(21)29-26(33)24-30-25(18-8-5-16(3)6-9-18)32(31-24)20-11-7-17(4)22(28)14-20/h5-15H,1-4H3,(H,29,33). The summed E-state index contributed by atoms with van der Waals surface area (Å²) in [6.07, 6.45) is 0. The SMILES string of the molecule is Cc1ccc(-c2nc(C(=O)Nc3ccc(Br)cc3C(C)C)nn2-c2ccc(C)c(Cl)c2)cc1. The highest BCUT2D eigenvalue weighted by atomic mass is 79.9. The van der Waals surface area contributed by atoms with Gasteiger partial charge in [0, 0.05) is 20.7 Å². The second-order valence-corrected chi connectivity index (χ2v) is 9.63. The number of aryl methyl sites for hydroxylation is 2. The van der Waals surface area contributed by atoms with E-state index >= 15 is 0 Å². The lowest BCUT2D eigenvalue weighted by molar-refractivity contribution is 0.101. The predicted octanol–water partition coefficient (Wildman–Crippen LogP) is 7.34. The van der Waals surface area contributed by atoms with Gasteiger partial charge in [0.15, 0.2) is 5.82 Å². The molecule has 0 aliphatic heterocycles. The van der Waals surface area contributed by atoms with Gasteiger partial charge in [-0.2, -0.15) is 0 Å². The van der Waals surface area contributed by atoms with Gasteiger partial charge in [-0.3, -0.25) is 4.79 Å². The molecular weight excluding hydrogens is 500 g/mol. The quantitative estimate of drug-likeness (QED) is 0.298. The molecule has 0 saturated heterocycles. The second kappa shape index (κ2) is 9.49. The van der Waals surface area contributed by atoms with Gasteiger partial charge < -0.3 is 5.32 Å². The Balaban J connectivity index is 1.77. The minimum Gasteiger partial charge on any atom is -0.319 e. The normalized spacial score (nSPS) is 11.1. The molecular formula is C26H24BrClN4O. The Morgan fingerprint density at radius 2 is 1.76 bits per heavy atom. The Hall–Kier alpha value is -2.96. The summed E-state index contributed by atoms with van der Waals surface area (Å²) < 4.78 is 2.63. The van der Waals surface area contributed by atoms with Crippen LogP contribution >= 0.6 is 27.5 Å². The second-order valence-electron chi connectivity index (χ2n) is 8.31. The third-order valence-electron chi connectivity index (χ3n) is 5.40. The van der Waals surface area contributed by atoms with Crippen LogP contribution in [0.1, 0.15) is 47.1 Å². The maximum atomic E-state index is 13.2. The molecule has 7 heteroatoms. The number of amides is 1. The first-order valence-corrected chi connectivity index (χ1v) is 11.8. The molecule has 168 valence electrons. The van der Waals surface area contributed by atoms with Crippen LogP contribution in [0.5, 0.6) is 0 Å². The van der Waals surface area contributed by atoms with Crippen molar-refractivity contribution in [3.05, 3.63) is 92.7 Å². The molecule has 1 aromatic heterocycles. The molecule has 33 heavy (non-hydrogen) atoms. The van der Waals surface area contributed by atoms with Crippen LogP contribution in [0.4, 0.5) is 5.69 Å². The van der Waals surface area contributed by atoms with Crippen LogP contribution in [0, 0.1) is 13.8 Å². The van der Waals surface area contributed by atoms with Crippen molar-refractivity contribution >= 4 is 39.1 Å². The number of nitrogens with zero attached hydrogens (tertiary/aromatic N) is 3. The van der Waals surface area contributed by atoms with Gasteiger partial charge in [-0.25, -0.2) is 9.67 Å². The van der Waals surface area contributed by atoms with Crippen LogP contribution < -0.4 is 5.32 Å². The molecule has 0 aliphatic carbocycles. The lowest BCUT2D eigenvalue weighted by atomic mass is 10.0. The van der Waals surface area contributed by atoms with E-state index < -0.39 is 0 Å². The van der Waals surface area contributed by atoms with Crippen LogP contribution in [0.3, 0.4) is 0 Å². The molecule has 4 aromatic rings. The van der Waals surface area contributed by atoms with Crippen LogP contribution in [0.2, 0.25) is 5.02 Å². The molecule has 0 fully saturated rings. The summed E-state index contributed by atoms with van der Waals surface area (Å²) in [5.74, 6) is 0.519. The number of nitrogens with one attached hydrogen (secondary N) is 1. The van der Waals surface area contributed by atoms with E-state index in [2.05, 4.69) is 45.2 Å². The zero-order chi connectivity index (χ0) is 23.7. The van der Waals surface area contributed by atoms with Crippen LogP contribution in [-0.4, -0.2) is 20.7 Å². The van der Waals surface area contributed by atoms with E-state index in [9.17, 15) is 4.79 Å². The Morgan fingerprint density at radius 1 is 1.03 bits per heavy atom. The van der Waals surface area contributed by atoms with Gasteiger partial charge in [-0.05, 0) is 61.2 Å². The average molecular weight is 524 g/mol. The van der Waals surface area contributed by atoms with Crippen molar-refractivity contribution in [2.45, 2.75) is 33.6 Å². The zero-order valence-corrected chi connectivity index (χ0v) is 21.2. The van der Waals surface area contributed by atoms with Gasteiger partial charge in [0.05, 0.1) is 5.69 Å². The lowest BCUT2D eigenvalue weighted by Gasteiger charge is -2.13. The van der Waals surface area contributed by atoms with Gasteiger partial charge in [-0.1, -0.05) is 77.3 Å². The fourth-order valence-electron chi connectivity index (χ4n) is 3.49. The minimum atomic E-state index is -0.371. The summed E-state index contributed by atoms with van der Waals surface area (Å²) in [6, 6.07) is 19.4. The smallest absolute Gasteiger partial charge is 0.295 e. The van der Waals surface area contributed by atoms with Crippen molar-refractivity contribution in [3.8, 4) is 17.1 Å². The molecule has 0 aliphatic rings. The Kier molecular flexibility index (Phi) is 6.68. The van der Waals surface area contributed by atoms with Crippen molar-refractivity contribution in [2.75, 3.05) is 5.32 Å². The summed E-state index contributed by atoms with van der Waals surface area (Å²) in [7, 11) is 0. The highest BCUT2D eigenvalue weighted by molar-refractivity contribution is 9.10. The van der Waals surface area contributed by atoms with Gasteiger partial charge >= 0.3 is 0 Å². The van der Waals surface area contributed by atoms with Crippen molar-refractivity contribution in [1.82, 2.24) is 14.8 Å². The molecule has 1 N–H and O–H groups in total. The van der Waals surface area contributed by atoms with Gasteiger partial charge in [0.25, 0.3) is 5.91 Å². The van der Waals surface area contributed by atoms with E-state index in [1.54, 1.807) is 4.68 Å². The molecule has 0 saturated carbocycles. The number of rotatable bonds is 5. The highest BCUT2D eigenvalue weighted by Crippen LogP contribution is 2.29. The van der Waals surface area contributed by atoms with E-state index in [0.717, 1.165) is 38.1 Å². The highest BCUT2D eigenvalue weighted by Gasteiger charge is 2.20. The third-order valence-corrected chi connectivity index (χ3v) is 6.30. The number of halogens is 2. The lowest BCUT2D eigenvalue weighted by Crippen LogP contribution is -2.16. The number of anilines is 1. The first-order valence-electron chi connectivity index (χ1n) is 10.6. The summed E-state index contributed by atoms with van der Waals surface area (Å²) in [6.45, 7) is 8.14. The molecule has 0 unspecified atom stereocenters. The summed E-state index contributed by atoms with van der Waals surface area (Å²) in [5.41, 5.74) is 5.46. The molecule has 4 rings (SSSR count). The van der Waals surface area contributed by atoms with Crippen LogP contribution in [-0.2, 0) is 0 Å². The number of hydrogen-bond acceptors (Lipinski definition) is 3. The molecule has 0 atom stereocenters. The average Bonchev–Trinajstić information content (AvgIpc) is 3.23. The number of aromatic nitrogens is 3. The minimum absolute atomic E-state index is 0.0832. The van der Waals surface area contributed by atoms with Crippen LogP contribution in [0.15, 0.2) is 65.1 Å². The van der Waals surface area contributed by atoms with Gasteiger partial charge in [0.1, 0.15) is 0 Å². The molecule has 0 bridgehead atoms. The van der Waals surface area contributed by atoms with Crippen molar-refractivity contribution in [3.63, 3.8) is 0 Å². The number of hydrogen-bond donors (Lipinski definition) is 1. The largest absolute Gasteiger partial charge is 0.319 e. The first kappa shape index (κ1) is 23.2. The molecule has 1 heterocycles. The summed E-state index contributed by atoms with van der Waals surface area (Å²) >= 11 is 9.88. The number of carbonyl (C=O) groups is 1. The van der Waals surface area contributed by atoms with E-state index in [1.165, 1.54) is 0 Å². The number of benzene rings is 3. The molecule has 1 amide bonds.